The van der Waals surface area contributed by atoms with Crippen molar-refractivity contribution in [2.75, 3.05) is 4.90 Å². The molecule has 9 aromatic carbocycles. The third-order valence-electron chi connectivity index (χ3n) is 12.8. The van der Waals surface area contributed by atoms with Crippen molar-refractivity contribution in [3.05, 3.63) is 243 Å². The maximum Gasteiger partial charge on any atom is 0.0775 e. The number of fused-ring (bicyclic) bond motifs is 3. The topological polar surface area (TPSA) is 21.1 Å². The Balaban J connectivity index is 1.00. The number of hydrogen-bond acceptors (Lipinski definition) is 2. The molecule has 2 heterocycles. The normalized spacial score (nSPS) is 11.6. The van der Waals surface area contributed by atoms with Gasteiger partial charge in [-0.25, -0.2) is 4.98 Å². The molecule has 0 spiro atoms. The van der Waals surface area contributed by atoms with E-state index in [2.05, 4.69) is 272 Å². The molecule has 4 heteroatoms. The van der Waals surface area contributed by atoms with E-state index in [0.29, 0.717) is 0 Å². The Hall–Kier alpha value is -8.05. The van der Waals surface area contributed by atoms with Crippen molar-refractivity contribution < 1.29 is 0 Å². The summed E-state index contributed by atoms with van der Waals surface area (Å²) < 4.78 is 2.37. The van der Waals surface area contributed by atoms with Crippen LogP contribution in [0.5, 0.6) is 0 Å². The Bertz CT molecular complexity index is 3410. The molecule has 11 aromatic rings. The number of anilines is 3. The highest BCUT2D eigenvalue weighted by atomic mass is 28.3. The summed E-state index contributed by atoms with van der Waals surface area (Å²) in [6, 6.07) is 87.8. The lowest BCUT2D eigenvalue weighted by molar-refractivity contribution is 1.18. The van der Waals surface area contributed by atoms with Crippen LogP contribution >= 0.6 is 0 Å². The number of aromatic nitrogens is 2. The van der Waals surface area contributed by atoms with Gasteiger partial charge in [-0.05, 0) is 112 Å². The van der Waals surface area contributed by atoms with Gasteiger partial charge in [0.25, 0.3) is 0 Å². The summed E-state index contributed by atoms with van der Waals surface area (Å²) >= 11 is 0. The predicted molar refractivity (Wildman–Crippen MR) is 283 cm³/mol. The average molecular weight is 864 g/mol. The highest BCUT2D eigenvalue weighted by Crippen LogP contribution is 2.41. The van der Waals surface area contributed by atoms with Gasteiger partial charge in [-0.15, -0.1) is 0 Å². The fourth-order valence-corrected chi connectivity index (χ4v) is 10.4. The minimum atomic E-state index is -1.40. The first-order chi connectivity index (χ1) is 32.3. The summed E-state index contributed by atoms with van der Waals surface area (Å²) in [5.74, 6) is 0. The van der Waals surface area contributed by atoms with Crippen LogP contribution in [-0.4, -0.2) is 17.6 Å². The summed E-state index contributed by atoms with van der Waals surface area (Å²) in [6.07, 6.45) is 0. The standard InChI is InChI=1S/C62H49N3Si/c1-66(2,3)56-37-30-45(31-38-56)44-26-33-53(34-27-44)64(55-23-15-20-49(40-55)51-42-59(47-16-7-4-8-17-47)63-60(43-51)48-18-9-5-10-19-48)54-35-28-46(29-36-54)50-32-39-62-58(41-50)57-24-13-14-25-61(57)65(62)52-21-11-6-12-22-52/h4-43H,1-3H3. The molecular formula is C62H49N3Si. The van der Waals surface area contributed by atoms with Crippen LogP contribution in [0.25, 0.3) is 83.4 Å². The molecule has 0 aliphatic rings. The number of benzene rings is 9. The molecule has 3 nitrogen and oxygen atoms in total. The third kappa shape index (κ3) is 7.93. The Morgan fingerprint density at radius 2 is 0.803 bits per heavy atom. The van der Waals surface area contributed by atoms with Gasteiger partial charge in [-0.1, -0.05) is 189 Å². The summed E-state index contributed by atoms with van der Waals surface area (Å²) in [7, 11) is -1.40. The van der Waals surface area contributed by atoms with Gasteiger partial charge < -0.3 is 9.47 Å². The monoisotopic (exact) mass is 863 g/mol. The average Bonchev–Trinajstić information content (AvgIpc) is 3.71. The van der Waals surface area contributed by atoms with Gasteiger partial charge in [0.05, 0.1) is 30.5 Å². The molecule has 0 aliphatic heterocycles. The minimum Gasteiger partial charge on any atom is -0.310 e. The molecule has 2 aromatic heterocycles. The van der Waals surface area contributed by atoms with Crippen LogP contribution in [0.2, 0.25) is 19.6 Å². The predicted octanol–water partition coefficient (Wildman–Crippen LogP) is 16.5. The number of para-hydroxylation sites is 2. The van der Waals surface area contributed by atoms with Crippen molar-refractivity contribution in [3.63, 3.8) is 0 Å². The first kappa shape index (κ1) is 40.7. The molecule has 0 bridgehead atoms. The Morgan fingerprint density at radius 1 is 0.333 bits per heavy atom. The lowest BCUT2D eigenvalue weighted by atomic mass is 9.99. The van der Waals surface area contributed by atoms with Crippen LogP contribution < -0.4 is 10.1 Å². The van der Waals surface area contributed by atoms with E-state index < -0.39 is 8.07 Å². The molecule has 316 valence electrons. The maximum absolute atomic E-state index is 5.17. The van der Waals surface area contributed by atoms with Gasteiger partial charge in [-0.2, -0.15) is 0 Å². The fraction of sp³-hybridized carbons (Fsp3) is 0.0484. The van der Waals surface area contributed by atoms with Crippen molar-refractivity contribution in [1.29, 1.82) is 0 Å². The molecule has 0 amide bonds. The molecule has 66 heavy (non-hydrogen) atoms. The van der Waals surface area contributed by atoms with Crippen LogP contribution in [0.4, 0.5) is 17.1 Å². The van der Waals surface area contributed by atoms with Crippen LogP contribution in [0, 0.1) is 0 Å². The van der Waals surface area contributed by atoms with Gasteiger partial charge in [-0.3, -0.25) is 0 Å². The van der Waals surface area contributed by atoms with Crippen molar-refractivity contribution in [1.82, 2.24) is 9.55 Å². The summed E-state index contributed by atoms with van der Waals surface area (Å²) in [4.78, 5) is 7.55. The quantitative estimate of drug-likeness (QED) is 0.128. The van der Waals surface area contributed by atoms with E-state index in [1.54, 1.807) is 0 Å². The number of nitrogens with zero attached hydrogens (tertiary/aromatic N) is 3. The number of pyridine rings is 1. The zero-order chi connectivity index (χ0) is 44.6. The second-order valence-electron chi connectivity index (χ2n) is 18.1. The zero-order valence-corrected chi connectivity index (χ0v) is 38.4. The molecule has 11 rings (SSSR count). The molecule has 0 fully saturated rings. The molecule has 0 saturated carbocycles. The van der Waals surface area contributed by atoms with Crippen molar-refractivity contribution in [2.24, 2.45) is 0 Å². The van der Waals surface area contributed by atoms with Crippen LogP contribution in [-0.2, 0) is 0 Å². The fourth-order valence-electron chi connectivity index (χ4n) is 9.26. The molecule has 0 unspecified atom stereocenters. The van der Waals surface area contributed by atoms with E-state index in [1.807, 2.05) is 0 Å². The van der Waals surface area contributed by atoms with Crippen molar-refractivity contribution in [3.8, 4) is 61.6 Å². The van der Waals surface area contributed by atoms with E-state index >= 15 is 0 Å². The molecule has 0 radical (unpaired) electrons. The van der Waals surface area contributed by atoms with E-state index in [-0.39, 0.29) is 0 Å². The Labute approximate surface area is 388 Å². The van der Waals surface area contributed by atoms with Crippen LogP contribution in [0.15, 0.2) is 243 Å². The van der Waals surface area contributed by atoms with Gasteiger partial charge >= 0.3 is 0 Å². The van der Waals surface area contributed by atoms with Crippen LogP contribution in [0.3, 0.4) is 0 Å². The van der Waals surface area contributed by atoms with E-state index in [1.165, 1.54) is 49.2 Å². The van der Waals surface area contributed by atoms with Gasteiger partial charge in [0, 0.05) is 44.6 Å². The third-order valence-corrected chi connectivity index (χ3v) is 14.8. The number of hydrogen-bond donors (Lipinski definition) is 0. The molecule has 0 N–H and O–H groups in total. The minimum absolute atomic E-state index is 0.945. The second-order valence-corrected chi connectivity index (χ2v) is 23.2. The Kier molecular flexibility index (Phi) is 10.6. The Morgan fingerprint density at radius 3 is 1.39 bits per heavy atom. The highest BCUT2D eigenvalue weighted by molar-refractivity contribution is 6.88. The van der Waals surface area contributed by atoms with Gasteiger partial charge in [0.15, 0.2) is 0 Å². The molecule has 0 saturated heterocycles. The molecule has 0 atom stereocenters. The first-order valence-electron chi connectivity index (χ1n) is 22.8. The summed E-state index contributed by atoms with van der Waals surface area (Å²) in [5, 5.41) is 3.96. The molecular weight excluding hydrogens is 815 g/mol. The highest BCUT2D eigenvalue weighted by Gasteiger charge is 2.19. The first-order valence-corrected chi connectivity index (χ1v) is 26.3. The van der Waals surface area contributed by atoms with E-state index in [0.717, 1.165) is 56.4 Å². The lowest BCUT2D eigenvalue weighted by Gasteiger charge is -2.26. The maximum atomic E-state index is 5.17. The zero-order valence-electron chi connectivity index (χ0n) is 37.4. The lowest BCUT2D eigenvalue weighted by Crippen LogP contribution is -2.37. The summed E-state index contributed by atoms with van der Waals surface area (Å²) in [6.45, 7) is 7.20. The van der Waals surface area contributed by atoms with E-state index in [9.17, 15) is 0 Å². The smallest absolute Gasteiger partial charge is 0.0775 e. The van der Waals surface area contributed by atoms with Gasteiger partial charge in [0.1, 0.15) is 0 Å². The van der Waals surface area contributed by atoms with Crippen LogP contribution in [0.1, 0.15) is 0 Å². The SMILES string of the molecule is C[Si](C)(C)c1ccc(-c2ccc(N(c3ccc(-c4ccc5c(c4)c4ccccc4n5-c4ccccc4)cc3)c3cccc(-c4cc(-c5ccccc5)nc(-c5ccccc5)c4)c3)cc2)cc1. The van der Waals surface area contributed by atoms with Crippen molar-refractivity contribution >= 4 is 52.1 Å². The summed E-state index contributed by atoms with van der Waals surface area (Å²) in [5.41, 5.74) is 17.9. The largest absolute Gasteiger partial charge is 0.310 e. The number of rotatable bonds is 10. The molecule has 0 aliphatic carbocycles. The van der Waals surface area contributed by atoms with Crippen molar-refractivity contribution in [2.45, 2.75) is 19.6 Å². The van der Waals surface area contributed by atoms with Gasteiger partial charge in [0.2, 0.25) is 0 Å². The van der Waals surface area contributed by atoms with E-state index in [4.69, 9.17) is 4.98 Å². The second kappa shape index (κ2) is 17.2.